The average Bonchev–Trinajstić information content (AvgIpc) is 2.31. The molecule has 0 aliphatic rings. The van der Waals surface area contributed by atoms with Crippen molar-refractivity contribution < 1.29 is 14.3 Å². The van der Waals surface area contributed by atoms with Crippen LogP contribution in [-0.4, -0.2) is 19.1 Å². The number of carbonyl (C=O) groups is 2. The van der Waals surface area contributed by atoms with Crippen molar-refractivity contribution in [3.05, 3.63) is 27.8 Å². The van der Waals surface area contributed by atoms with Gasteiger partial charge in [0.1, 0.15) is 0 Å². The first-order chi connectivity index (χ1) is 7.61. The zero-order valence-corrected chi connectivity index (χ0v) is 11.2. The first kappa shape index (κ1) is 13.0. The monoisotopic (exact) mass is 333 g/mol. The SMILES string of the molecule is CCC(=O)N(C(=O)OC)c1ccccc1I. The van der Waals surface area contributed by atoms with Crippen molar-refractivity contribution in [3.63, 3.8) is 0 Å². The molecule has 0 aliphatic carbocycles. The number of anilines is 1. The Morgan fingerprint density at radius 2 is 2.00 bits per heavy atom. The number of carbonyl (C=O) groups excluding carboxylic acids is 2. The molecule has 0 unspecified atom stereocenters. The molecule has 16 heavy (non-hydrogen) atoms. The van der Waals surface area contributed by atoms with E-state index in [1.807, 2.05) is 12.1 Å². The van der Waals surface area contributed by atoms with E-state index in [2.05, 4.69) is 27.3 Å². The molecule has 4 nitrogen and oxygen atoms in total. The molecular formula is C11H12INO3. The lowest BCUT2D eigenvalue weighted by molar-refractivity contribution is -0.117. The molecule has 0 aliphatic heterocycles. The summed E-state index contributed by atoms with van der Waals surface area (Å²) in [6.45, 7) is 1.70. The number of imide groups is 1. The third-order valence-corrected chi connectivity index (χ3v) is 2.91. The van der Waals surface area contributed by atoms with Crippen LogP contribution >= 0.6 is 22.6 Å². The minimum atomic E-state index is -0.657. The predicted molar refractivity (Wildman–Crippen MR) is 69.3 cm³/mol. The molecule has 1 aromatic rings. The molecule has 0 bridgehead atoms. The number of rotatable bonds is 2. The zero-order valence-electron chi connectivity index (χ0n) is 9.07. The maximum Gasteiger partial charge on any atom is 0.420 e. The molecule has 0 spiro atoms. The Labute approximate surface area is 108 Å². The van der Waals surface area contributed by atoms with Gasteiger partial charge in [-0.2, -0.15) is 0 Å². The van der Waals surface area contributed by atoms with Crippen molar-refractivity contribution in [2.75, 3.05) is 12.0 Å². The van der Waals surface area contributed by atoms with Gasteiger partial charge in [-0.25, -0.2) is 9.69 Å². The van der Waals surface area contributed by atoms with E-state index in [-0.39, 0.29) is 12.3 Å². The van der Waals surface area contributed by atoms with E-state index < -0.39 is 6.09 Å². The highest BCUT2D eigenvalue weighted by atomic mass is 127. The summed E-state index contributed by atoms with van der Waals surface area (Å²) in [6, 6.07) is 7.16. The molecule has 2 amide bonds. The van der Waals surface area contributed by atoms with E-state index in [9.17, 15) is 9.59 Å². The number of halogens is 1. The number of hydrogen-bond acceptors (Lipinski definition) is 3. The normalized spacial score (nSPS) is 9.69. The summed E-state index contributed by atoms with van der Waals surface area (Å²) >= 11 is 2.07. The molecule has 0 radical (unpaired) electrons. The van der Waals surface area contributed by atoms with E-state index in [4.69, 9.17) is 0 Å². The lowest BCUT2D eigenvalue weighted by Crippen LogP contribution is -2.36. The van der Waals surface area contributed by atoms with Crippen LogP contribution in [0.1, 0.15) is 13.3 Å². The fourth-order valence-corrected chi connectivity index (χ4v) is 1.85. The molecule has 1 aromatic carbocycles. The molecule has 0 N–H and O–H groups in total. The van der Waals surface area contributed by atoms with Gasteiger partial charge >= 0.3 is 6.09 Å². The van der Waals surface area contributed by atoms with E-state index in [0.717, 1.165) is 8.47 Å². The topological polar surface area (TPSA) is 46.6 Å². The Morgan fingerprint density at radius 3 is 2.50 bits per heavy atom. The number of hydrogen-bond donors (Lipinski definition) is 0. The Bertz CT molecular complexity index is 390. The molecular weight excluding hydrogens is 321 g/mol. The summed E-state index contributed by atoms with van der Waals surface area (Å²) in [4.78, 5) is 24.3. The van der Waals surface area contributed by atoms with Crippen molar-refractivity contribution >= 4 is 40.3 Å². The molecule has 0 atom stereocenters. The van der Waals surface area contributed by atoms with E-state index in [1.165, 1.54) is 7.11 Å². The molecule has 5 heteroatoms. The standard InChI is InChI=1S/C11H12INO3/c1-3-10(14)13(11(15)16-2)9-7-5-4-6-8(9)12/h4-7H,3H2,1-2H3. The van der Waals surface area contributed by atoms with Gasteiger partial charge < -0.3 is 4.74 Å². The second-order valence-corrected chi connectivity index (χ2v) is 4.17. The molecule has 0 aromatic heterocycles. The minimum absolute atomic E-state index is 0.250. The van der Waals surface area contributed by atoms with E-state index in [1.54, 1.807) is 19.1 Å². The fraction of sp³-hybridized carbons (Fsp3) is 0.273. The smallest absolute Gasteiger partial charge is 0.420 e. The number of amides is 2. The molecule has 0 saturated heterocycles. The lowest BCUT2D eigenvalue weighted by Gasteiger charge is -2.19. The average molecular weight is 333 g/mol. The van der Waals surface area contributed by atoms with Crippen LogP contribution in [0.15, 0.2) is 24.3 Å². The maximum absolute atomic E-state index is 11.7. The third-order valence-electron chi connectivity index (χ3n) is 2.00. The molecule has 1 rings (SSSR count). The van der Waals surface area contributed by atoms with Gasteiger partial charge in [0, 0.05) is 9.99 Å². The molecule has 86 valence electrons. The van der Waals surface area contributed by atoms with Crippen LogP contribution in [0.5, 0.6) is 0 Å². The van der Waals surface area contributed by atoms with Gasteiger partial charge in [-0.3, -0.25) is 4.79 Å². The predicted octanol–water partition coefficient (Wildman–Crippen LogP) is 2.80. The van der Waals surface area contributed by atoms with Gasteiger partial charge in [0.15, 0.2) is 0 Å². The van der Waals surface area contributed by atoms with Gasteiger partial charge in [0.25, 0.3) is 0 Å². The van der Waals surface area contributed by atoms with Crippen molar-refractivity contribution in [2.45, 2.75) is 13.3 Å². The van der Waals surface area contributed by atoms with Crippen molar-refractivity contribution in [2.24, 2.45) is 0 Å². The Kier molecular flexibility index (Phi) is 4.72. The van der Waals surface area contributed by atoms with Crippen LogP contribution in [0.3, 0.4) is 0 Å². The highest BCUT2D eigenvalue weighted by Gasteiger charge is 2.24. The van der Waals surface area contributed by atoms with Crippen LogP contribution in [0.4, 0.5) is 10.5 Å². The quantitative estimate of drug-likeness (QED) is 0.782. The summed E-state index contributed by atoms with van der Waals surface area (Å²) in [6.07, 6.45) is -0.406. The lowest BCUT2D eigenvalue weighted by atomic mass is 10.3. The number of benzene rings is 1. The number of ether oxygens (including phenoxy) is 1. The van der Waals surface area contributed by atoms with Crippen LogP contribution in [-0.2, 0) is 9.53 Å². The van der Waals surface area contributed by atoms with Crippen LogP contribution < -0.4 is 4.90 Å². The van der Waals surface area contributed by atoms with Gasteiger partial charge in [0.05, 0.1) is 12.8 Å². The first-order valence-corrected chi connectivity index (χ1v) is 5.85. The number of nitrogens with zero attached hydrogens (tertiary/aromatic N) is 1. The van der Waals surface area contributed by atoms with Crippen LogP contribution in [0.2, 0.25) is 0 Å². The number of para-hydroxylation sites is 1. The van der Waals surface area contributed by atoms with Gasteiger partial charge in [-0.05, 0) is 34.7 Å². The van der Waals surface area contributed by atoms with E-state index >= 15 is 0 Å². The largest absolute Gasteiger partial charge is 0.452 e. The minimum Gasteiger partial charge on any atom is -0.452 e. The summed E-state index contributed by atoms with van der Waals surface area (Å²) in [7, 11) is 1.26. The van der Waals surface area contributed by atoms with Crippen molar-refractivity contribution in [3.8, 4) is 0 Å². The second-order valence-electron chi connectivity index (χ2n) is 3.00. The summed E-state index contributed by atoms with van der Waals surface area (Å²) < 4.78 is 5.43. The number of methoxy groups -OCH3 is 1. The second kappa shape index (κ2) is 5.83. The van der Waals surface area contributed by atoms with Crippen molar-refractivity contribution in [1.29, 1.82) is 0 Å². The van der Waals surface area contributed by atoms with Crippen LogP contribution in [0, 0.1) is 3.57 Å². The summed E-state index contributed by atoms with van der Waals surface area (Å²) in [5, 5.41) is 0. The summed E-state index contributed by atoms with van der Waals surface area (Å²) in [5.74, 6) is -0.282. The molecule has 0 heterocycles. The maximum atomic E-state index is 11.7. The molecule has 0 fully saturated rings. The zero-order chi connectivity index (χ0) is 12.1. The van der Waals surface area contributed by atoms with E-state index in [0.29, 0.717) is 5.69 Å². The highest BCUT2D eigenvalue weighted by Crippen LogP contribution is 2.23. The van der Waals surface area contributed by atoms with Crippen molar-refractivity contribution in [1.82, 2.24) is 0 Å². The fourth-order valence-electron chi connectivity index (χ4n) is 1.22. The highest BCUT2D eigenvalue weighted by molar-refractivity contribution is 14.1. The first-order valence-electron chi connectivity index (χ1n) is 4.77. The Hall–Kier alpha value is -1.11. The van der Waals surface area contributed by atoms with Gasteiger partial charge in [0.2, 0.25) is 5.91 Å². The van der Waals surface area contributed by atoms with Crippen LogP contribution in [0.25, 0.3) is 0 Å². The molecule has 0 saturated carbocycles. The Balaban J connectivity index is 3.16. The summed E-state index contributed by atoms with van der Waals surface area (Å²) in [5.41, 5.74) is 0.557. The Morgan fingerprint density at radius 1 is 1.38 bits per heavy atom. The third kappa shape index (κ3) is 2.72. The van der Waals surface area contributed by atoms with Gasteiger partial charge in [-0.1, -0.05) is 19.1 Å². The van der Waals surface area contributed by atoms with Gasteiger partial charge in [-0.15, -0.1) is 0 Å².